The molecule has 1 aliphatic rings. The van der Waals surface area contributed by atoms with Gasteiger partial charge in [0.05, 0.1) is 12.1 Å². The molecule has 1 amide bonds. The molecule has 2 unspecified atom stereocenters. The van der Waals surface area contributed by atoms with Crippen molar-refractivity contribution < 1.29 is 9.53 Å². The lowest BCUT2D eigenvalue weighted by atomic mass is 10.1. The Morgan fingerprint density at radius 2 is 2.36 bits per heavy atom. The highest BCUT2D eigenvalue weighted by atomic mass is 35.5. The molecule has 1 fully saturated rings. The number of piperidine rings is 1. The second kappa shape index (κ2) is 9.12. The fourth-order valence-electron chi connectivity index (χ4n) is 2.60. The van der Waals surface area contributed by atoms with Crippen LogP contribution in [0.1, 0.15) is 43.2 Å². The first kappa shape index (κ1) is 18.9. The van der Waals surface area contributed by atoms with Gasteiger partial charge in [0.2, 0.25) is 0 Å². The second-order valence-corrected chi connectivity index (χ2v) is 5.91. The molecule has 0 bridgehead atoms. The van der Waals surface area contributed by atoms with Crippen LogP contribution in [0.4, 0.5) is 0 Å². The van der Waals surface area contributed by atoms with Crippen LogP contribution in [0.5, 0.6) is 0 Å². The summed E-state index contributed by atoms with van der Waals surface area (Å²) in [4.78, 5) is 12.1. The van der Waals surface area contributed by atoms with Gasteiger partial charge in [0, 0.05) is 26.4 Å². The van der Waals surface area contributed by atoms with E-state index in [9.17, 15) is 4.79 Å². The highest BCUT2D eigenvalue weighted by molar-refractivity contribution is 5.92. The molecular weight excluding hydrogens is 304 g/mol. The molecule has 7 heteroatoms. The van der Waals surface area contributed by atoms with Crippen molar-refractivity contribution in [1.29, 1.82) is 0 Å². The van der Waals surface area contributed by atoms with Crippen LogP contribution in [-0.2, 0) is 4.74 Å². The number of carbonyl (C=O) groups is 1. The number of aromatic nitrogens is 2. The van der Waals surface area contributed by atoms with E-state index in [-0.39, 0.29) is 24.4 Å². The highest BCUT2D eigenvalue weighted by Gasteiger charge is 2.19. The molecule has 2 rings (SSSR count). The van der Waals surface area contributed by atoms with Gasteiger partial charge < -0.3 is 15.4 Å². The van der Waals surface area contributed by atoms with Crippen molar-refractivity contribution in [1.82, 2.24) is 20.4 Å². The summed E-state index contributed by atoms with van der Waals surface area (Å²) in [6.07, 6.45) is 4.17. The molecule has 0 aliphatic carbocycles. The molecule has 0 spiro atoms. The Balaban J connectivity index is 0.00000242. The van der Waals surface area contributed by atoms with E-state index in [1.807, 2.05) is 10.9 Å². The third-order valence-electron chi connectivity index (χ3n) is 4.00. The molecule has 2 heterocycles. The number of hydrogen-bond donors (Lipinski definition) is 2. The average molecular weight is 331 g/mol. The summed E-state index contributed by atoms with van der Waals surface area (Å²) in [7, 11) is 1.67. The summed E-state index contributed by atoms with van der Waals surface area (Å²) >= 11 is 0. The third-order valence-corrected chi connectivity index (χ3v) is 4.00. The normalized spacial score (nSPS) is 19.5. The van der Waals surface area contributed by atoms with Gasteiger partial charge in [0.15, 0.2) is 0 Å². The molecule has 1 aromatic heterocycles. The SMILES string of the molecule is COC(CNC(=O)c1ccn(C2CCCNC2)n1)C(C)C.Cl. The molecular formula is C15H27ClN4O2. The number of methoxy groups -OCH3 is 1. The van der Waals surface area contributed by atoms with Gasteiger partial charge in [-0.1, -0.05) is 13.8 Å². The monoisotopic (exact) mass is 330 g/mol. The van der Waals surface area contributed by atoms with Crippen molar-refractivity contribution in [3.8, 4) is 0 Å². The van der Waals surface area contributed by atoms with Gasteiger partial charge in [-0.25, -0.2) is 0 Å². The lowest BCUT2D eigenvalue weighted by molar-refractivity contribution is 0.0603. The van der Waals surface area contributed by atoms with Crippen LogP contribution in [0.15, 0.2) is 12.3 Å². The van der Waals surface area contributed by atoms with E-state index in [0.717, 1.165) is 25.9 Å². The topological polar surface area (TPSA) is 68.2 Å². The fourth-order valence-corrected chi connectivity index (χ4v) is 2.60. The minimum absolute atomic E-state index is 0. The number of nitrogens with one attached hydrogen (secondary N) is 2. The molecule has 0 saturated carbocycles. The van der Waals surface area contributed by atoms with Crippen molar-refractivity contribution >= 4 is 18.3 Å². The van der Waals surface area contributed by atoms with Crippen LogP contribution in [0.25, 0.3) is 0 Å². The predicted molar refractivity (Wildman–Crippen MR) is 88.6 cm³/mol. The number of carbonyl (C=O) groups excluding carboxylic acids is 1. The van der Waals surface area contributed by atoms with Crippen molar-refractivity contribution in [3.05, 3.63) is 18.0 Å². The Kier molecular flexibility index (Phi) is 7.85. The molecule has 0 radical (unpaired) electrons. The van der Waals surface area contributed by atoms with Crippen LogP contribution in [0.2, 0.25) is 0 Å². The third kappa shape index (κ3) is 4.97. The maximum Gasteiger partial charge on any atom is 0.271 e. The van der Waals surface area contributed by atoms with Crippen molar-refractivity contribution in [2.24, 2.45) is 5.92 Å². The Hall–Kier alpha value is -1.11. The minimum atomic E-state index is -0.139. The molecule has 22 heavy (non-hydrogen) atoms. The zero-order chi connectivity index (χ0) is 15.2. The molecule has 6 nitrogen and oxygen atoms in total. The summed E-state index contributed by atoms with van der Waals surface area (Å²) < 4.78 is 7.25. The van der Waals surface area contributed by atoms with Crippen molar-refractivity contribution in [2.75, 3.05) is 26.7 Å². The van der Waals surface area contributed by atoms with Gasteiger partial charge in [0.1, 0.15) is 5.69 Å². The van der Waals surface area contributed by atoms with Crippen LogP contribution in [0.3, 0.4) is 0 Å². The highest BCUT2D eigenvalue weighted by Crippen LogP contribution is 2.15. The molecule has 1 saturated heterocycles. The number of nitrogens with zero attached hydrogens (tertiary/aromatic N) is 2. The first-order valence-electron chi connectivity index (χ1n) is 7.68. The van der Waals surface area contributed by atoms with Gasteiger partial charge in [-0.05, 0) is 31.4 Å². The summed E-state index contributed by atoms with van der Waals surface area (Å²) in [5, 5.41) is 10.7. The standard InChI is InChI=1S/C15H26N4O2.ClH/c1-11(2)14(21-3)10-17-15(20)13-6-8-19(18-13)12-5-4-7-16-9-12;/h6,8,11-12,14,16H,4-5,7,9-10H2,1-3H3,(H,17,20);1H. The maximum absolute atomic E-state index is 12.1. The Morgan fingerprint density at radius 3 is 2.95 bits per heavy atom. The molecule has 1 aliphatic heterocycles. The van der Waals surface area contributed by atoms with E-state index in [4.69, 9.17) is 4.74 Å². The van der Waals surface area contributed by atoms with E-state index >= 15 is 0 Å². The van der Waals surface area contributed by atoms with Gasteiger partial charge in [-0.2, -0.15) is 5.10 Å². The fraction of sp³-hybridized carbons (Fsp3) is 0.733. The first-order valence-corrected chi connectivity index (χ1v) is 7.68. The number of ether oxygens (including phenoxy) is 1. The average Bonchev–Trinajstić information content (AvgIpc) is 2.98. The smallest absolute Gasteiger partial charge is 0.271 e. The Labute approximate surface area is 138 Å². The Bertz CT molecular complexity index is 458. The lowest BCUT2D eigenvalue weighted by Crippen LogP contribution is -2.36. The van der Waals surface area contributed by atoms with Crippen molar-refractivity contribution in [3.63, 3.8) is 0 Å². The maximum atomic E-state index is 12.1. The summed E-state index contributed by atoms with van der Waals surface area (Å²) in [6.45, 7) is 6.64. The number of amides is 1. The summed E-state index contributed by atoms with van der Waals surface area (Å²) in [6, 6.07) is 2.13. The van der Waals surface area contributed by atoms with Crippen LogP contribution < -0.4 is 10.6 Å². The first-order chi connectivity index (χ1) is 10.1. The molecule has 126 valence electrons. The minimum Gasteiger partial charge on any atom is -0.379 e. The van der Waals surface area contributed by atoms with Gasteiger partial charge >= 0.3 is 0 Å². The van der Waals surface area contributed by atoms with Crippen LogP contribution in [-0.4, -0.2) is 48.5 Å². The van der Waals surface area contributed by atoms with Crippen molar-refractivity contribution in [2.45, 2.75) is 38.8 Å². The predicted octanol–water partition coefficient (Wildman–Crippen LogP) is 1.63. The zero-order valence-corrected chi connectivity index (χ0v) is 14.4. The van der Waals surface area contributed by atoms with Gasteiger partial charge in [-0.15, -0.1) is 12.4 Å². The lowest BCUT2D eigenvalue weighted by Gasteiger charge is -2.23. The van der Waals surface area contributed by atoms with Crippen LogP contribution in [0, 0.1) is 5.92 Å². The Morgan fingerprint density at radius 1 is 1.59 bits per heavy atom. The van der Waals surface area contributed by atoms with E-state index in [1.165, 1.54) is 0 Å². The zero-order valence-electron chi connectivity index (χ0n) is 13.5. The van der Waals surface area contributed by atoms with E-state index in [2.05, 4.69) is 29.6 Å². The van der Waals surface area contributed by atoms with Crippen LogP contribution >= 0.6 is 12.4 Å². The van der Waals surface area contributed by atoms with E-state index in [0.29, 0.717) is 24.2 Å². The van der Waals surface area contributed by atoms with E-state index < -0.39 is 0 Å². The molecule has 1 aromatic rings. The molecule has 2 N–H and O–H groups in total. The summed E-state index contributed by atoms with van der Waals surface area (Å²) in [5.41, 5.74) is 0.471. The van der Waals surface area contributed by atoms with Gasteiger partial charge in [-0.3, -0.25) is 9.48 Å². The molecule has 2 atom stereocenters. The van der Waals surface area contributed by atoms with Gasteiger partial charge in [0.25, 0.3) is 5.91 Å². The molecule has 0 aromatic carbocycles. The summed E-state index contributed by atoms with van der Waals surface area (Å²) in [5.74, 6) is 0.224. The number of rotatable bonds is 6. The van der Waals surface area contributed by atoms with E-state index in [1.54, 1.807) is 13.2 Å². The largest absolute Gasteiger partial charge is 0.379 e. The number of hydrogen-bond acceptors (Lipinski definition) is 4. The quantitative estimate of drug-likeness (QED) is 0.832. The number of halogens is 1. The second-order valence-electron chi connectivity index (χ2n) is 5.91.